The first-order valence-electron chi connectivity index (χ1n) is 8.67. The summed E-state index contributed by atoms with van der Waals surface area (Å²) in [6, 6.07) is 14.6. The van der Waals surface area contributed by atoms with Gasteiger partial charge in [0.1, 0.15) is 12.4 Å². The molecule has 3 nitrogen and oxygen atoms in total. The van der Waals surface area contributed by atoms with E-state index in [-0.39, 0.29) is 5.97 Å². The first-order valence-corrected chi connectivity index (χ1v) is 9.43. The zero-order valence-corrected chi connectivity index (χ0v) is 17.3. The minimum Gasteiger partial charge on any atom is -0.489 e. The van der Waals surface area contributed by atoms with E-state index in [0.29, 0.717) is 22.2 Å². The first kappa shape index (κ1) is 21.1. The first-order chi connectivity index (χ1) is 13.0. The SMILES string of the molecule is CC.COC(=O)c1ccc2c(C)c(OCc3cc(Cl)cc(Cl)c3)ccc2c1. The van der Waals surface area contributed by atoms with Crippen molar-refractivity contribution in [3.8, 4) is 5.75 Å². The summed E-state index contributed by atoms with van der Waals surface area (Å²) in [7, 11) is 1.37. The maximum Gasteiger partial charge on any atom is 0.337 e. The third-order valence-corrected chi connectivity index (χ3v) is 4.41. The number of rotatable bonds is 4. The molecule has 5 heteroatoms. The average molecular weight is 405 g/mol. The lowest BCUT2D eigenvalue weighted by Crippen LogP contribution is -2.01. The van der Waals surface area contributed by atoms with Gasteiger partial charge in [0.15, 0.2) is 0 Å². The number of aryl methyl sites for hydroxylation is 1. The van der Waals surface area contributed by atoms with Crippen molar-refractivity contribution >= 4 is 39.9 Å². The maximum absolute atomic E-state index is 11.7. The highest BCUT2D eigenvalue weighted by molar-refractivity contribution is 6.34. The standard InChI is InChI=1S/C20H16Cl2O3.C2H6/c1-12-18-5-3-15(20(23)24-2)9-14(18)4-6-19(12)25-11-13-7-16(21)10-17(22)8-13;1-2/h3-10H,11H2,1-2H3;1-2H3. The average Bonchev–Trinajstić information content (AvgIpc) is 2.67. The number of benzene rings is 3. The van der Waals surface area contributed by atoms with Gasteiger partial charge in [-0.3, -0.25) is 0 Å². The van der Waals surface area contributed by atoms with Crippen LogP contribution in [0, 0.1) is 6.92 Å². The molecule has 0 N–H and O–H groups in total. The second kappa shape index (κ2) is 9.63. The number of halogens is 2. The Kier molecular flexibility index (Phi) is 7.52. The van der Waals surface area contributed by atoms with Crippen LogP contribution in [-0.4, -0.2) is 13.1 Å². The van der Waals surface area contributed by atoms with Crippen LogP contribution in [0.5, 0.6) is 5.75 Å². The Morgan fingerprint density at radius 1 is 0.963 bits per heavy atom. The minimum atomic E-state index is -0.349. The molecule has 0 fully saturated rings. The summed E-state index contributed by atoms with van der Waals surface area (Å²) < 4.78 is 10.7. The predicted molar refractivity (Wildman–Crippen MR) is 112 cm³/mol. The molecule has 0 amide bonds. The molecule has 0 radical (unpaired) electrons. The van der Waals surface area contributed by atoms with Crippen LogP contribution in [0.15, 0.2) is 48.5 Å². The molecule has 0 atom stereocenters. The second-order valence-corrected chi connectivity index (χ2v) is 6.56. The van der Waals surface area contributed by atoms with Gasteiger partial charge in [0.25, 0.3) is 0 Å². The van der Waals surface area contributed by atoms with Crippen molar-refractivity contribution in [2.45, 2.75) is 27.4 Å². The highest BCUT2D eigenvalue weighted by atomic mass is 35.5. The van der Waals surface area contributed by atoms with Crippen LogP contribution in [0.2, 0.25) is 10.0 Å². The summed E-state index contributed by atoms with van der Waals surface area (Å²) in [5.41, 5.74) is 2.43. The molecule has 0 unspecified atom stereocenters. The van der Waals surface area contributed by atoms with Gasteiger partial charge < -0.3 is 9.47 Å². The smallest absolute Gasteiger partial charge is 0.337 e. The Morgan fingerprint density at radius 3 is 2.26 bits per heavy atom. The molecule has 3 rings (SSSR count). The van der Waals surface area contributed by atoms with Crippen molar-refractivity contribution in [3.05, 3.63) is 75.3 Å². The molecule has 0 aromatic heterocycles. The topological polar surface area (TPSA) is 35.5 Å². The molecular weight excluding hydrogens is 383 g/mol. The number of fused-ring (bicyclic) bond motifs is 1. The molecule has 0 heterocycles. The molecular formula is C22H22Cl2O3. The fourth-order valence-electron chi connectivity index (χ4n) is 2.72. The third-order valence-electron chi connectivity index (χ3n) is 3.98. The van der Waals surface area contributed by atoms with Gasteiger partial charge >= 0.3 is 5.97 Å². The molecule has 0 aliphatic carbocycles. The predicted octanol–water partition coefficient (Wildman–Crippen LogP) is 6.85. The minimum absolute atomic E-state index is 0.349. The molecule has 0 spiro atoms. The number of esters is 1. The van der Waals surface area contributed by atoms with Gasteiger partial charge in [0, 0.05) is 10.0 Å². The number of carbonyl (C=O) groups is 1. The lowest BCUT2D eigenvalue weighted by atomic mass is 10.0. The quantitative estimate of drug-likeness (QED) is 0.446. The maximum atomic E-state index is 11.7. The molecule has 3 aromatic carbocycles. The van der Waals surface area contributed by atoms with Gasteiger partial charge in [0.2, 0.25) is 0 Å². The molecule has 0 saturated carbocycles. The van der Waals surface area contributed by atoms with Crippen LogP contribution in [0.4, 0.5) is 0 Å². The van der Waals surface area contributed by atoms with Gasteiger partial charge in [-0.2, -0.15) is 0 Å². The zero-order chi connectivity index (χ0) is 20.0. The van der Waals surface area contributed by atoms with E-state index in [0.717, 1.165) is 27.6 Å². The van der Waals surface area contributed by atoms with Crippen LogP contribution in [0.3, 0.4) is 0 Å². The molecule has 0 aliphatic heterocycles. The summed E-state index contributed by atoms with van der Waals surface area (Å²) in [5, 5.41) is 3.14. The Hall–Kier alpha value is -2.23. The summed E-state index contributed by atoms with van der Waals surface area (Å²) in [4.78, 5) is 11.7. The normalized spacial score (nSPS) is 10.1. The summed E-state index contributed by atoms with van der Waals surface area (Å²) in [6.45, 7) is 6.35. The summed E-state index contributed by atoms with van der Waals surface area (Å²) >= 11 is 12.0. The number of ether oxygens (including phenoxy) is 2. The van der Waals surface area contributed by atoms with E-state index < -0.39 is 0 Å². The lowest BCUT2D eigenvalue weighted by Gasteiger charge is -2.12. The molecule has 142 valence electrons. The van der Waals surface area contributed by atoms with Crippen molar-refractivity contribution in [1.29, 1.82) is 0 Å². The number of hydrogen-bond acceptors (Lipinski definition) is 3. The molecule has 0 saturated heterocycles. The monoisotopic (exact) mass is 404 g/mol. The van der Waals surface area contributed by atoms with Crippen LogP contribution < -0.4 is 4.74 Å². The van der Waals surface area contributed by atoms with Crippen molar-refractivity contribution < 1.29 is 14.3 Å². The van der Waals surface area contributed by atoms with Crippen LogP contribution in [-0.2, 0) is 11.3 Å². The third kappa shape index (κ3) is 5.15. The lowest BCUT2D eigenvalue weighted by molar-refractivity contribution is 0.0601. The Balaban J connectivity index is 0.00000126. The highest BCUT2D eigenvalue weighted by Crippen LogP contribution is 2.29. The van der Waals surface area contributed by atoms with Crippen molar-refractivity contribution in [3.63, 3.8) is 0 Å². The van der Waals surface area contributed by atoms with E-state index in [1.54, 1.807) is 12.1 Å². The Morgan fingerprint density at radius 2 is 1.63 bits per heavy atom. The molecule has 27 heavy (non-hydrogen) atoms. The Labute approximate surface area is 169 Å². The van der Waals surface area contributed by atoms with E-state index in [4.69, 9.17) is 32.7 Å². The number of carbonyl (C=O) groups excluding carboxylic acids is 1. The van der Waals surface area contributed by atoms with Gasteiger partial charge in [0.05, 0.1) is 12.7 Å². The van der Waals surface area contributed by atoms with Gasteiger partial charge in [-0.15, -0.1) is 0 Å². The van der Waals surface area contributed by atoms with E-state index in [1.165, 1.54) is 7.11 Å². The summed E-state index contributed by atoms with van der Waals surface area (Å²) in [6.07, 6.45) is 0. The van der Waals surface area contributed by atoms with E-state index in [1.807, 2.05) is 57.2 Å². The van der Waals surface area contributed by atoms with Gasteiger partial charge in [-0.05, 0) is 65.2 Å². The Bertz CT molecular complexity index is 931. The van der Waals surface area contributed by atoms with Gasteiger partial charge in [-0.1, -0.05) is 49.2 Å². The van der Waals surface area contributed by atoms with Crippen LogP contribution in [0.1, 0.15) is 35.3 Å². The molecule has 3 aromatic rings. The molecule has 0 aliphatic rings. The highest BCUT2D eigenvalue weighted by Gasteiger charge is 2.10. The summed E-state index contributed by atoms with van der Waals surface area (Å²) in [5.74, 6) is 0.423. The van der Waals surface area contributed by atoms with Crippen molar-refractivity contribution in [2.75, 3.05) is 7.11 Å². The fraction of sp³-hybridized carbons (Fsp3) is 0.227. The second-order valence-electron chi connectivity index (χ2n) is 5.68. The van der Waals surface area contributed by atoms with Crippen LogP contribution >= 0.6 is 23.2 Å². The van der Waals surface area contributed by atoms with E-state index in [2.05, 4.69) is 0 Å². The van der Waals surface area contributed by atoms with Crippen molar-refractivity contribution in [2.24, 2.45) is 0 Å². The fourth-order valence-corrected chi connectivity index (χ4v) is 3.29. The van der Waals surface area contributed by atoms with E-state index in [9.17, 15) is 4.79 Å². The van der Waals surface area contributed by atoms with Crippen molar-refractivity contribution in [1.82, 2.24) is 0 Å². The van der Waals surface area contributed by atoms with Gasteiger partial charge in [-0.25, -0.2) is 4.79 Å². The van der Waals surface area contributed by atoms with Crippen LogP contribution in [0.25, 0.3) is 10.8 Å². The largest absolute Gasteiger partial charge is 0.489 e. The number of methoxy groups -OCH3 is 1. The number of hydrogen-bond donors (Lipinski definition) is 0. The zero-order valence-electron chi connectivity index (χ0n) is 15.8. The molecule has 0 bridgehead atoms. The van der Waals surface area contributed by atoms with E-state index >= 15 is 0 Å².